The first-order valence-corrected chi connectivity index (χ1v) is 5.70. The second kappa shape index (κ2) is 4.92. The van der Waals surface area contributed by atoms with E-state index in [9.17, 15) is 5.11 Å². The van der Waals surface area contributed by atoms with E-state index in [0.717, 1.165) is 0 Å². The molecule has 0 amide bonds. The van der Waals surface area contributed by atoms with Gasteiger partial charge in [-0.2, -0.15) is 5.26 Å². The van der Waals surface area contributed by atoms with Crippen LogP contribution in [0.2, 0.25) is 5.02 Å². The quantitative estimate of drug-likeness (QED) is 0.855. The second-order valence-electron chi connectivity index (χ2n) is 4.28. The number of halogens is 1. The Bertz CT molecular complexity index is 447. The summed E-state index contributed by atoms with van der Waals surface area (Å²) in [6.07, 6.45) is 0. The summed E-state index contributed by atoms with van der Waals surface area (Å²) in [5.41, 5.74) is 0.883. The number of ether oxygens (including phenoxy) is 1. The zero-order chi connectivity index (χ0) is 12.3. The van der Waals surface area contributed by atoms with Crippen LogP contribution in [0.4, 0.5) is 5.69 Å². The molecular weight excluding hydrogens is 240 g/mol. The lowest BCUT2D eigenvalue weighted by Gasteiger charge is -2.40. The van der Waals surface area contributed by atoms with Crippen molar-refractivity contribution in [2.45, 2.75) is 0 Å². The first kappa shape index (κ1) is 12.2. The minimum absolute atomic E-state index is 0.0618. The highest BCUT2D eigenvalue weighted by Crippen LogP contribution is 2.30. The fourth-order valence-corrected chi connectivity index (χ4v) is 1.95. The molecule has 0 unspecified atom stereocenters. The molecule has 2 N–H and O–H groups in total. The summed E-state index contributed by atoms with van der Waals surface area (Å²) in [6.45, 7) is 1.67. The molecule has 1 heterocycles. The number of hydrogen-bond donors (Lipinski definition) is 2. The van der Waals surface area contributed by atoms with Crippen LogP contribution in [-0.2, 0) is 4.74 Å². The number of nitrogens with one attached hydrogen (secondary N) is 1. The molecule has 5 heteroatoms. The zero-order valence-electron chi connectivity index (χ0n) is 9.24. The summed E-state index contributed by atoms with van der Waals surface area (Å²) >= 11 is 6.03. The lowest BCUT2D eigenvalue weighted by Crippen LogP contribution is -2.50. The third-order valence-corrected chi connectivity index (χ3v) is 3.24. The van der Waals surface area contributed by atoms with Gasteiger partial charge in [-0.1, -0.05) is 17.7 Å². The van der Waals surface area contributed by atoms with Gasteiger partial charge < -0.3 is 15.2 Å². The van der Waals surface area contributed by atoms with Gasteiger partial charge in [0.2, 0.25) is 0 Å². The first-order chi connectivity index (χ1) is 8.21. The van der Waals surface area contributed by atoms with Crippen molar-refractivity contribution in [1.29, 1.82) is 5.26 Å². The van der Waals surface area contributed by atoms with Crippen molar-refractivity contribution < 1.29 is 9.84 Å². The fourth-order valence-electron chi connectivity index (χ4n) is 1.71. The van der Waals surface area contributed by atoms with Crippen molar-refractivity contribution in [3.05, 3.63) is 28.8 Å². The monoisotopic (exact) mass is 252 g/mol. The number of nitriles is 1. The topological polar surface area (TPSA) is 65.3 Å². The maximum atomic E-state index is 9.29. The lowest BCUT2D eigenvalue weighted by molar-refractivity contribution is -0.128. The molecule has 1 aromatic rings. The number of benzene rings is 1. The molecular formula is C12H13ClN2O2. The van der Waals surface area contributed by atoms with E-state index in [1.165, 1.54) is 0 Å². The van der Waals surface area contributed by atoms with Crippen molar-refractivity contribution in [2.75, 3.05) is 31.7 Å². The maximum absolute atomic E-state index is 9.29. The van der Waals surface area contributed by atoms with Gasteiger partial charge in [0.1, 0.15) is 6.07 Å². The standard InChI is InChI=1S/C12H13ClN2O2/c13-10-3-1-2-9(4-14)11(10)15-5-12(6-16)7-17-8-12/h1-3,15-16H,5-8H2. The highest BCUT2D eigenvalue weighted by Gasteiger charge is 2.38. The molecule has 90 valence electrons. The Hall–Kier alpha value is -1.28. The Balaban J connectivity index is 2.11. The van der Waals surface area contributed by atoms with Crippen molar-refractivity contribution in [2.24, 2.45) is 5.41 Å². The van der Waals surface area contributed by atoms with Crippen molar-refractivity contribution in [1.82, 2.24) is 0 Å². The molecule has 0 saturated carbocycles. The van der Waals surface area contributed by atoms with Gasteiger partial charge in [0, 0.05) is 6.54 Å². The molecule has 0 bridgehead atoms. The van der Waals surface area contributed by atoms with E-state index in [0.29, 0.717) is 36.0 Å². The number of rotatable bonds is 4. The van der Waals surface area contributed by atoms with Crippen molar-refractivity contribution in [3.8, 4) is 6.07 Å². The summed E-state index contributed by atoms with van der Waals surface area (Å²) < 4.78 is 5.11. The summed E-state index contributed by atoms with van der Waals surface area (Å²) in [5, 5.41) is 21.9. The number of hydrogen-bond acceptors (Lipinski definition) is 4. The van der Waals surface area contributed by atoms with Gasteiger partial charge in [0.05, 0.1) is 41.5 Å². The van der Waals surface area contributed by atoms with E-state index >= 15 is 0 Å². The van der Waals surface area contributed by atoms with E-state index in [4.69, 9.17) is 21.6 Å². The van der Waals surface area contributed by atoms with E-state index in [1.807, 2.05) is 0 Å². The van der Waals surface area contributed by atoms with Gasteiger partial charge in [-0.3, -0.25) is 0 Å². The SMILES string of the molecule is N#Cc1cccc(Cl)c1NCC1(CO)COC1. The molecule has 1 aromatic carbocycles. The highest BCUT2D eigenvalue weighted by atomic mass is 35.5. The third-order valence-electron chi connectivity index (χ3n) is 2.93. The third kappa shape index (κ3) is 2.37. The molecule has 4 nitrogen and oxygen atoms in total. The van der Waals surface area contributed by atoms with Crippen LogP contribution in [0, 0.1) is 16.7 Å². The number of para-hydroxylation sites is 1. The Labute approximate surface area is 105 Å². The number of anilines is 1. The summed E-state index contributed by atoms with van der Waals surface area (Å²) in [5.74, 6) is 0. The Morgan fingerprint density at radius 3 is 2.82 bits per heavy atom. The fraction of sp³-hybridized carbons (Fsp3) is 0.417. The Morgan fingerprint density at radius 1 is 1.53 bits per heavy atom. The first-order valence-electron chi connectivity index (χ1n) is 5.32. The van der Waals surface area contributed by atoms with Gasteiger partial charge in [0.25, 0.3) is 0 Å². The highest BCUT2D eigenvalue weighted by molar-refractivity contribution is 6.33. The lowest BCUT2D eigenvalue weighted by atomic mass is 9.87. The predicted octanol–water partition coefficient (Wildman–Crippen LogP) is 1.63. The van der Waals surface area contributed by atoms with Crippen LogP contribution in [0.15, 0.2) is 18.2 Å². The van der Waals surface area contributed by atoms with E-state index in [2.05, 4.69) is 11.4 Å². The predicted molar refractivity (Wildman–Crippen MR) is 65.0 cm³/mol. The normalized spacial score (nSPS) is 17.0. The van der Waals surface area contributed by atoms with Crippen molar-refractivity contribution in [3.63, 3.8) is 0 Å². The minimum atomic E-state index is -0.244. The van der Waals surface area contributed by atoms with Crippen LogP contribution < -0.4 is 5.32 Å². The second-order valence-corrected chi connectivity index (χ2v) is 4.69. The van der Waals surface area contributed by atoms with E-state index < -0.39 is 0 Å². The van der Waals surface area contributed by atoms with Crippen molar-refractivity contribution >= 4 is 17.3 Å². The molecule has 0 aliphatic carbocycles. The van der Waals surface area contributed by atoms with Gasteiger partial charge >= 0.3 is 0 Å². The van der Waals surface area contributed by atoms with Crippen LogP contribution in [0.1, 0.15) is 5.56 Å². The van der Waals surface area contributed by atoms with E-state index in [1.54, 1.807) is 18.2 Å². The number of nitrogens with zero attached hydrogens (tertiary/aromatic N) is 1. The van der Waals surface area contributed by atoms with Gasteiger partial charge in [0.15, 0.2) is 0 Å². The van der Waals surface area contributed by atoms with Crippen LogP contribution in [-0.4, -0.2) is 31.5 Å². The molecule has 0 spiro atoms. The molecule has 17 heavy (non-hydrogen) atoms. The van der Waals surface area contributed by atoms with Gasteiger partial charge in [-0.05, 0) is 12.1 Å². The number of aliphatic hydroxyl groups excluding tert-OH is 1. The maximum Gasteiger partial charge on any atom is 0.101 e. The summed E-state index contributed by atoms with van der Waals surface area (Å²) in [4.78, 5) is 0. The molecule has 0 aromatic heterocycles. The average Bonchev–Trinajstić information content (AvgIpc) is 2.29. The summed E-state index contributed by atoms with van der Waals surface area (Å²) in [6, 6.07) is 7.26. The molecule has 1 aliphatic heterocycles. The molecule has 1 aliphatic rings. The molecule has 1 saturated heterocycles. The van der Waals surface area contributed by atoms with Crippen LogP contribution >= 0.6 is 11.6 Å². The number of aliphatic hydroxyl groups is 1. The molecule has 1 fully saturated rings. The van der Waals surface area contributed by atoms with Crippen LogP contribution in [0.5, 0.6) is 0 Å². The zero-order valence-corrected chi connectivity index (χ0v) is 10.00. The largest absolute Gasteiger partial charge is 0.396 e. The van der Waals surface area contributed by atoms with E-state index in [-0.39, 0.29) is 12.0 Å². The molecule has 0 atom stereocenters. The Morgan fingerprint density at radius 2 is 2.29 bits per heavy atom. The van der Waals surface area contributed by atoms with Gasteiger partial charge in [-0.25, -0.2) is 0 Å². The minimum Gasteiger partial charge on any atom is -0.396 e. The molecule has 0 radical (unpaired) electrons. The van der Waals surface area contributed by atoms with Gasteiger partial charge in [-0.15, -0.1) is 0 Å². The molecule has 2 rings (SSSR count). The smallest absolute Gasteiger partial charge is 0.101 e. The Kier molecular flexibility index (Phi) is 3.53. The van der Waals surface area contributed by atoms with Crippen LogP contribution in [0.25, 0.3) is 0 Å². The average molecular weight is 253 g/mol. The van der Waals surface area contributed by atoms with Crippen LogP contribution in [0.3, 0.4) is 0 Å². The summed E-state index contributed by atoms with van der Waals surface area (Å²) in [7, 11) is 0.